The quantitative estimate of drug-likeness (QED) is 0.350. The van der Waals surface area contributed by atoms with Crippen LogP contribution in [0.4, 0.5) is 0 Å². The van der Waals surface area contributed by atoms with E-state index in [2.05, 4.69) is 82.7 Å². The predicted octanol–water partition coefficient (Wildman–Crippen LogP) is 6.85. The van der Waals surface area contributed by atoms with Gasteiger partial charge in [0.2, 0.25) is 0 Å². The molecule has 6 aliphatic rings. The minimum absolute atomic E-state index is 0.0662. The van der Waals surface area contributed by atoms with Crippen molar-refractivity contribution < 1.29 is 14.4 Å². The van der Waals surface area contributed by atoms with Gasteiger partial charge in [-0.15, -0.1) is 0 Å². The molecular formula is C39H54N4O3. The van der Waals surface area contributed by atoms with E-state index in [0.29, 0.717) is 31.0 Å². The van der Waals surface area contributed by atoms with Crippen molar-refractivity contribution in [3.05, 3.63) is 57.7 Å². The topological polar surface area (TPSA) is 67.6 Å². The molecule has 2 aromatic rings. The van der Waals surface area contributed by atoms with Crippen molar-refractivity contribution in [2.24, 2.45) is 27.6 Å². The van der Waals surface area contributed by atoms with Gasteiger partial charge in [0.1, 0.15) is 17.2 Å². The Morgan fingerprint density at radius 2 is 1.15 bits per heavy atom. The average molecular weight is 627 g/mol. The molecule has 0 N–H and O–H groups in total. The molecule has 248 valence electrons. The highest BCUT2D eigenvalue weighted by Crippen LogP contribution is 2.47. The first kappa shape index (κ1) is 31.5. The summed E-state index contributed by atoms with van der Waals surface area (Å²) in [6.07, 6.45) is 10.7. The summed E-state index contributed by atoms with van der Waals surface area (Å²) in [5.41, 5.74) is 9.53. The number of fused-ring (bicyclic) bond motifs is 6. The van der Waals surface area contributed by atoms with Crippen LogP contribution in [0.3, 0.4) is 0 Å². The van der Waals surface area contributed by atoms with E-state index < -0.39 is 0 Å². The Bertz CT molecular complexity index is 1570. The summed E-state index contributed by atoms with van der Waals surface area (Å²) < 4.78 is 4.47. The van der Waals surface area contributed by atoms with Gasteiger partial charge in [0, 0.05) is 49.9 Å². The molecule has 0 radical (unpaired) electrons. The van der Waals surface area contributed by atoms with E-state index in [-0.39, 0.29) is 34.0 Å². The molecule has 4 aliphatic carbocycles. The van der Waals surface area contributed by atoms with Gasteiger partial charge in [-0.05, 0) is 89.9 Å². The smallest absolute Gasteiger partial charge is 0.271 e. The van der Waals surface area contributed by atoms with E-state index >= 15 is 0 Å². The molecule has 7 nitrogen and oxygen atoms in total. The van der Waals surface area contributed by atoms with Crippen molar-refractivity contribution in [3.63, 3.8) is 0 Å². The average Bonchev–Trinajstić information content (AvgIpc) is 3.74. The number of hydrogen-bond donors (Lipinski definition) is 0. The summed E-state index contributed by atoms with van der Waals surface area (Å²) in [5, 5.41) is 0. The second-order valence-electron chi connectivity index (χ2n) is 18.4. The molecular weight excluding hydrogens is 572 g/mol. The van der Waals surface area contributed by atoms with E-state index in [1.165, 1.54) is 34.5 Å². The van der Waals surface area contributed by atoms with Gasteiger partial charge >= 0.3 is 0 Å². The number of nitrogens with zero attached hydrogens (tertiary/aromatic N) is 4. The van der Waals surface area contributed by atoms with Crippen molar-refractivity contribution in [3.8, 4) is 0 Å². The van der Waals surface area contributed by atoms with Gasteiger partial charge in [0.15, 0.2) is 0 Å². The highest BCUT2D eigenvalue weighted by atomic mass is 16.2. The van der Waals surface area contributed by atoms with Crippen LogP contribution >= 0.6 is 0 Å². The maximum atomic E-state index is 13.3. The molecule has 2 aromatic heterocycles. The van der Waals surface area contributed by atoms with Crippen LogP contribution in [0.5, 0.6) is 0 Å². The molecule has 0 bridgehead atoms. The number of amides is 2. The molecule has 1 unspecified atom stereocenters. The van der Waals surface area contributed by atoms with Crippen molar-refractivity contribution in [2.45, 2.75) is 120 Å². The van der Waals surface area contributed by atoms with Crippen LogP contribution in [0.2, 0.25) is 0 Å². The summed E-state index contributed by atoms with van der Waals surface area (Å²) in [7, 11) is 0. The minimum Gasteiger partial charge on any atom is -0.339 e. The third kappa shape index (κ3) is 5.60. The Morgan fingerprint density at radius 3 is 1.57 bits per heavy atom. The van der Waals surface area contributed by atoms with Crippen LogP contribution in [0, 0.1) is 27.6 Å². The SMILES string of the molecule is CC1(C)C=C(C2CC(C)(C)CC2=O)CC1.CC1(C)Cc2cc3n(c2C1)CCN(CN1CCn2c(cc4c2CC(C)(C)C4)C1=O)C3=O. The first-order valence-electron chi connectivity index (χ1n) is 17.7. The van der Waals surface area contributed by atoms with Crippen LogP contribution in [0.25, 0.3) is 0 Å². The minimum atomic E-state index is 0.0662. The van der Waals surface area contributed by atoms with Crippen molar-refractivity contribution in [2.75, 3.05) is 19.8 Å². The molecule has 1 atom stereocenters. The first-order chi connectivity index (χ1) is 21.4. The zero-order valence-electron chi connectivity index (χ0n) is 29.5. The van der Waals surface area contributed by atoms with Crippen molar-refractivity contribution >= 4 is 17.6 Å². The fraction of sp³-hybridized carbons (Fsp3) is 0.667. The van der Waals surface area contributed by atoms with Gasteiger partial charge in [0.25, 0.3) is 11.8 Å². The van der Waals surface area contributed by atoms with Gasteiger partial charge in [0.05, 0.1) is 6.67 Å². The Balaban J connectivity index is 0.000000190. The summed E-state index contributed by atoms with van der Waals surface area (Å²) in [6, 6.07) is 4.21. The third-order valence-electron chi connectivity index (χ3n) is 11.6. The van der Waals surface area contributed by atoms with Gasteiger partial charge in [-0.3, -0.25) is 14.4 Å². The van der Waals surface area contributed by atoms with E-state index in [1.54, 1.807) is 0 Å². The fourth-order valence-electron chi connectivity index (χ4n) is 9.45. The number of carbonyl (C=O) groups is 3. The molecule has 1 saturated carbocycles. The van der Waals surface area contributed by atoms with Crippen LogP contribution < -0.4 is 0 Å². The van der Waals surface area contributed by atoms with Crippen molar-refractivity contribution in [1.82, 2.24) is 18.9 Å². The lowest BCUT2D eigenvalue weighted by atomic mass is 9.88. The zero-order chi connectivity index (χ0) is 33.0. The molecule has 1 fully saturated rings. The zero-order valence-corrected chi connectivity index (χ0v) is 29.5. The standard InChI is InChI=1S/C25H32N4O2.C14H22O/c1-24(2)11-16-9-18-22(30)26(5-7-28(18)20(16)13-24)15-27-6-8-29-19(23(27)31)10-17-12-25(3,4)14-21(17)29;1-13(2)6-5-10(7-13)11-8-14(3,4)9-12(11)15/h9-10H,5-8,11-15H2,1-4H3;7,11H,5-6,8-9H2,1-4H3. The normalized spacial score (nSPS) is 26.4. The second kappa shape index (κ2) is 10.5. The number of ketones is 1. The number of carbonyl (C=O) groups excluding carboxylic acids is 3. The maximum absolute atomic E-state index is 13.3. The van der Waals surface area contributed by atoms with E-state index in [4.69, 9.17) is 0 Å². The van der Waals surface area contributed by atoms with E-state index in [1.807, 2.05) is 9.80 Å². The van der Waals surface area contributed by atoms with Crippen LogP contribution in [-0.4, -0.2) is 56.3 Å². The Morgan fingerprint density at radius 1 is 0.652 bits per heavy atom. The Labute approximate surface area is 275 Å². The van der Waals surface area contributed by atoms with Gasteiger partial charge < -0.3 is 18.9 Å². The lowest BCUT2D eigenvalue weighted by molar-refractivity contribution is -0.120. The van der Waals surface area contributed by atoms with Crippen LogP contribution in [0.1, 0.15) is 125 Å². The predicted molar refractivity (Wildman–Crippen MR) is 181 cm³/mol. The van der Waals surface area contributed by atoms with E-state index in [0.717, 1.165) is 69.4 Å². The molecule has 8 rings (SSSR count). The molecule has 2 amide bonds. The first-order valence-corrected chi connectivity index (χ1v) is 17.7. The Kier molecular flexibility index (Phi) is 7.16. The van der Waals surface area contributed by atoms with Gasteiger partial charge in [-0.25, -0.2) is 0 Å². The van der Waals surface area contributed by atoms with Gasteiger partial charge in [-0.2, -0.15) is 0 Å². The summed E-state index contributed by atoms with van der Waals surface area (Å²) >= 11 is 0. The number of hydrogen-bond acceptors (Lipinski definition) is 3. The number of Topliss-reactive ketones (excluding diaryl/α,β-unsaturated/α-hetero) is 1. The number of aromatic nitrogens is 2. The van der Waals surface area contributed by atoms with Crippen molar-refractivity contribution in [1.29, 1.82) is 0 Å². The molecule has 4 heterocycles. The van der Waals surface area contributed by atoms with Crippen LogP contribution in [0.15, 0.2) is 23.8 Å². The molecule has 0 aromatic carbocycles. The summed E-state index contributed by atoms with van der Waals surface area (Å²) in [6.45, 7) is 21.5. The van der Waals surface area contributed by atoms with Crippen LogP contribution in [-0.2, 0) is 43.6 Å². The van der Waals surface area contributed by atoms with Gasteiger partial charge in [-0.1, -0.05) is 67.0 Å². The highest BCUT2D eigenvalue weighted by Gasteiger charge is 2.42. The number of rotatable bonds is 3. The highest BCUT2D eigenvalue weighted by molar-refractivity contribution is 5.96. The van der Waals surface area contributed by atoms with E-state index in [9.17, 15) is 14.4 Å². The Hall–Kier alpha value is -3.09. The molecule has 46 heavy (non-hydrogen) atoms. The molecule has 2 aliphatic heterocycles. The lowest BCUT2D eigenvalue weighted by Crippen LogP contribution is -2.51. The summed E-state index contributed by atoms with van der Waals surface area (Å²) in [4.78, 5) is 42.2. The second-order valence-corrected chi connectivity index (χ2v) is 18.4. The number of allylic oxidation sites excluding steroid dienone is 2. The lowest BCUT2D eigenvalue weighted by Gasteiger charge is -2.36. The largest absolute Gasteiger partial charge is 0.339 e. The molecule has 7 heteroatoms. The molecule has 0 spiro atoms. The third-order valence-corrected chi connectivity index (χ3v) is 11.6. The molecule has 0 saturated heterocycles. The fourth-order valence-corrected chi connectivity index (χ4v) is 9.45. The monoisotopic (exact) mass is 626 g/mol. The maximum Gasteiger partial charge on any atom is 0.271 e. The summed E-state index contributed by atoms with van der Waals surface area (Å²) in [5.74, 6) is 0.860.